The third kappa shape index (κ3) is 4.85. The summed E-state index contributed by atoms with van der Waals surface area (Å²) in [5.74, 6) is 0. The Labute approximate surface area is 121 Å². The molecule has 0 bridgehead atoms. The van der Waals surface area contributed by atoms with Gasteiger partial charge in [-0.2, -0.15) is 0 Å². The number of hydrogen-bond acceptors (Lipinski definition) is 2. The minimum atomic E-state index is -0.174. The predicted octanol–water partition coefficient (Wildman–Crippen LogP) is 2.34. The van der Waals surface area contributed by atoms with Gasteiger partial charge in [0.2, 0.25) is 0 Å². The number of aryl methyl sites for hydroxylation is 1. The average molecular weight is 278 g/mol. The first kappa shape index (κ1) is 16.5. The van der Waals surface area contributed by atoms with E-state index in [1.54, 1.807) is 7.05 Å². The van der Waals surface area contributed by atoms with E-state index in [9.17, 15) is 4.79 Å². The fourth-order valence-electron chi connectivity index (χ4n) is 1.91. The van der Waals surface area contributed by atoms with Crippen LogP contribution in [-0.2, 0) is 6.42 Å². The van der Waals surface area contributed by atoms with Gasteiger partial charge in [0.25, 0.3) is 0 Å². The molecule has 0 radical (unpaired) electrons. The number of likely N-dealkylation sites (N-methyl/N-ethyl adjacent to an activating group) is 1. The van der Waals surface area contributed by atoms with Crippen molar-refractivity contribution in [2.75, 3.05) is 13.7 Å². The molecule has 0 saturated carbocycles. The van der Waals surface area contributed by atoms with Crippen molar-refractivity contribution < 1.29 is 9.90 Å². The highest BCUT2D eigenvalue weighted by Gasteiger charge is 2.18. The zero-order valence-corrected chi connectivity index (χ0v) is 12.9. The molecule has 112 valence electrons. The van der Waals surface area contributed by atoms with E-state index >= 15 is 0 Å². The maximum Gasteiger partial charge on any atom is 0.317 e. The molecule has 1 rings (SSSR count). The van der Waals surface area contributed by atoms with Gasteiger partial charge in [-0.25, -0.2) is 4.79 Å². The van der Waals surface area contributed by atoms with Gasteiger partial charge in [-0.3, -0.25) is 0 Å². The first-order chi connectivity index (χ1) is 9.47. The number of rotatable bonds is 6. The summed E-state index contributed by atoms with van der Waals surface area (Å²) < 4.78 is 0. The first-order valence-electron chi connectivity index (χ1n) is 7.17. The van der Waals surface area contributed by atoms with Gasteiger partial charge in [0, 0.05) is 13.1 Å². The lowest BCUT2D eigenvalue weighted by atomic mass is 10.0. The number of aliphatic hydroxyl groups excluding tert-OH is 1. The molecule has 2 unspecified atom stereocenters. The quantitative estimate of drug-likeness (QED) is 0.839. The molecule has 1 aromatic carbocycles. The van der Waals surface area contributed by atoms with Crippen molar-refractivity contribution in [3.63, 3.8) is 0 Å². The molecule has 0 aliphatic heterocycles. The van der Waals surface area contributed by atoms with Crippen LogP contribution in [0.15, 0.2) is 24.3 Å². The Morgan fingerprint density at radius 1 is 1.35 bits per heavy atom. The van der Waals surface area contributed by atoms with Crippen LogP contribution in [0.25, 0.3) is 0 Å². The van der Waals surface area contributed by atoms with E-state index in [-0.39, 0.29) is 24.7 Å². The zero-order chi connectivity index (χ0) is 15.1. The number of hydrogen-bond donors (Lipinski definition) is 2. The van der Waals surface area contributed by atoms with E-state index in [0.29, 0.717) is 0 Å². The molecule has 0 saturated heterocycles. The first-order valence-corrected chi connectivity index (χ1v) is 7.17. The fraction of sp³-hybridized carbons (Fsp3) is 0.562. The largest absolute Gasteiger partial charge is 0.394 e. The molecule has 0 fully saturated rings. The number of carbonyl (C=O) groups is 1. The van der Waals surface area contributed by atoms with E-state index in [2.05, 4.69) is 43.4 Å². The Balaban J connectivity index is 2.58. The van der Waals surface area contributed by atoms with Crippen LogP contribution in [0.5, 0.6) is 0 Å². The minimum Gasteiger partial charge on any atom is -0.394 e. The van der Waals surface area contributed by atoms with Crippen molar-refractivity contribution in [3.8, 4) is 0 Å². The number of aliphatic hydroxyl groups is 1. The van der Waals surface area contributed by atoms with Crippen LogP contribution >= 0.6 is 0 Å². The van der Waals surface area contributed by atoms with E-state index < -0.39 is 0 Å². The van der Waals surface area contributed by atoms with Crippen LogP contribution in [0.4, 0.5) is 4.79 Å². The maximum absolute atomic E-state index is 12.1. The van der Waals surface area contributed by atoms with E-state index in [4.69, 9.17) is 5.11 Å². The number of urea groups is 1. The monoisotopic (exact) mass is 278 g/mol. The zero-order valence-electron chi connectivity index (χ0n) is 12.9. The summed E-state index contributed by atoms with van der Waals surface area (Å²) in [6.07, 6.45) is 1.70. The SMILES string of the molecule is CCC(Cc1ccc(C)cc1)NC(=O)N(C)C(C)CO. The highest BCUT2D eigenvalue weighted by molar-refractivity contribution is 5.74. The summed E-state index contributed by atoms with van der Waals surface area (Å²) in [5.41, 5.74) is 2.46. The highest BCUT2D eigenvalue weighted by atomic mass is 16.3. The van der Waals surface area contributed by atoms with Gasteiger partial charge in [0.05, 0.1) is 12.6 Å². The van der Waals surface area contributed by atoms with Gasteiger partial charge in [-0.05, 0) is 32.3 Å². The molecule has 2 N–H and O–H groups in total. The number of nitrogens with zero attached hydrogens (tertiary/aromatic N) is 1. The lowest BCUT2D eigenvalue weighted by Gasteiger charge is -2.26. The van der Waals surface area contributed by atoms with Crippen molar-refractivity contribution >= 4 is 6.03 Å². The van der Waals surface area contributed by atoms with E-state index in [0.717, 1.165) is 12.8 Å². The highest BCUT2D eigenvalue weighted by Crippen LogP contribution is 2.08. The van der Waals surface area contributed by atoms with Gasteiger partial charge in [-0.15, -0.1) is 0 Å². The topological polar surface area (TPSA) is 52.6 Å². The summed E-state index contributed by atoms with van der Waals surface area (Å²) in [6.45, 7) is 5.92. The van der Waals surface area contributed by atoms with Gasteiger partial charge in [0.15, 0.2) is 0 Å². The Hall–Kier alpha value is -1.55. The van der Waals surface area contributed by atoms with Crippen molar-refractivity contribution in [3.05, 3.63) is 35.4 Å². The molecule has 2 atom stereocenters. The van der Waals surface area contributed by atoms with Gasteiger partial charge in [0.1, 0.15) is 0 Å². The molecule has 2 amide bonds. The Bertz CT molecular complexity index is 417. The number of benzene rings is 1. The summed E-state index contributed by atoms with van der Waals surface area (Å²) >= 11 is 0. The molecule has 4 nitrogen and oxygen atoms in total. The van der Waals surface area contributed by atoms with Crippen LogP contribution in [-0.4, -0.2) is 41.8 Å². The number of amides is 2. The Kier molecular flexibility index (Phi) is 6.52. The van der Waals surface area contributed by atoms with Crippen LogP contribution in [0.3, 0.4) is 0 Å². The van der Waals surface area contributed by atoms with Gasteiger partial charge in [-0.1, -0.05) is 36.8 Å². The molecule has 20 heavy (non-hydrogen) atoms. The molecular weight excluding hydrogens is 252 g/mol. The second-order valence-electron chi connectivity index (χ2n) is 5.39. The van der Waals surface area contributed by atoms with E-state index in [1.807, 2.05) is 6.92 Å². The fourth-order valence-corrected chi connectivity index (χ4v) is 1.91. The molecule has 0 aliphatic rings. The molecule has 1 aromatic rings. The third-order valence-corrected chi connectivity index (χ3v) is 3.67. The van der Waals surface area contributed by atoms with Crippen LogP contribution < -0.4 is 5.32 Å². The molecule has 0 spiro atoms. The summed E-state index contributed by atoms with van der Waals surface area (Å²) in [6, 6.07) is 8.18. The summed E-state index contributed by atoms with van der Waals surface area (Å²) in [4.78, 5) is 13.6. The third-order valence-electron chi connectivity index (χ3n) is 3.67. The molecule has 0 aliphatic carbocycles. The molecule has 4 heteroatoms. The summed E-state index contributed by atoms with van der Waals surface area (Å²) in [7, 11) is 1.70. The van der Waals surface area contributed by atoms with Crippen LogP contribution in [0, 0.1) is 6.92 Å². The molecule has 0 heterocycles. The number of carbonyl (C=O) groups excluding carboxylic acids is 1. The lowest BCUT2D eigenvalue weighted by Crippen LogP contribution is -2.47. The smallest absolute Gasteiger partial charge is 0.317 e. The Morgan fingerprint density at radius 2 is 1.95 bits per heavy atom. The van der Waals surface area contributed by atoms with Crippen molar-refractivity contribution in [2.24, 2.45) is 0 Å². The standard InChI is InChI=1S/C16H26N2O2/c1-5-15(10-14-8-6-12(2)7-9-14)17-16(20)18(4)13(3)11-19/h6-9,13,15,19H,5,10-11H2,1-4H3,(H,17,20). The van der Waals surface area contributed by atoms with Crippen LogP contribution in [0.2, 0.25) is 0 Å². The second-order valence-corrected chi connectivity index (χ2v) is 5.39. The van der Waals surface area contributed by atoms with Crippen molar-refractivity contribution in [2.45, 2.75) is 45.7 Å². The van der Waals surface area contributed by atoms with Gasteiger partial charge < -0.3 is 15.3 Å². The molecule has 0 aromatic heterocycles. The minimum absolute atomic E-state index is 0.0291. The second kappa shape index (κ2) is 7.90. The Morgan fingerprint density at radius 3 is 2.45 bits per heavy atom. The maximum atomic E-state index is 12.1. The predicted molar refractivity (Wildman–Crippen MR) is 81.8 cm³/mol. The van der Waals surface area contributed by atoms with Crippen molar-refractivity contribution in [1.29, 1.82) is 0 Å². The normalized spacial score (nSPS) is 13.7. The average Bonchev–Trinajstić information content (AvgIpc) is 2.46. The number of nitrogens with one attached hydrogen (secondary N) is 1. The van der Waals surface area contributed by atoms with E-state index in [1.165, 1.54) is 16.0 Å². The van der Waals surface area contributed by atoms with Crippen LogP contribution in [0.1, 0.15) is 31.4 Å². The lowest BCUT2D eigenvalue weighted by molar-refractivity contribution is 0.154. The van der Waals surface area contributed by atoms with Gasteiger partial charge >= 0.3 is 6.03 Å². The molecular formula is C16H26N2O2. The van der Waals surface area contributed by atoms with Crippen molar-refractivity contribution in [1.82, 2.24) is 10.2 Å². The summed E-state index contributed by atoms with van der Waals surface area (Å²) in [5, 5.41) is 12.1.